The van der Waals surface area contributed by atoms with Crippen LogP contribution in [0.3, 0.4) is 0 Å². The normalized spacial score (nSPS) is 21.7. The van der Waals surface area contributed by atoms with Gasteiger partial charge in [0.2, 0.25) is 0 Å². The van der Waals surface area contributed by atoms with Crippen LogP contribution in [0, 0.1) is 0 Å². The molecule has 1 aromatic heterocycles. The second-order valence-corrected chi connectivity index (χ2v) is 5.24. The number of nitrogens with one attached hydrogen (secondary N) is 1. The number of hydrogen-bond acceptors (Lipinski definition) is 4. The monoisotopic (exact) mass is 240 g/mol. The standard InChI is InChI=1S/C12H20N2OS/c1-15-11-4-6-14(10-11)7-5-13-9-12-3-2-8-16-12/h2-3,8,11,13H,4-7,9-10H2,1H3. The van der Waals surface area contributed by atoms with Gasteiger partial charge in [0.15, 0.2) is 0 Å². The molecule has 1 atom stereocenters. The van der Waals surface area contributed by atoms with Crippen LogP contribution in [0.25, 0.3) is 0 Å². The van der Waals surface area contributed by atoms with Gasteiger partial charge in [0.05, 0.1) is 6.10 Å². The Hall–Kier alpha value is -0.420. The van der Waals surface area contributed by atoms with Crippen molar-refractivity contribution >= 4 is 11.3 Å². The fourth-order valence-electron chi connectivity index (χ4n) is 2.05. The second kappa shape index (κ2) is 6.35. The Labute approximate surface area is 101 Å². The number of thiophene rings is 1. The third-order valence-corrected chi connectivity index (χ3v) is 3.92. The molecule has 1 unspecified atom stereocenters. The van der Waals surface area contributed by atoms with E-state index in [0.29, 0.717) is 6.10 Å². The summed E-state index contributed by atoms with van der Waals surface area (Å²) in [4.78, 5) is 3.88. The van der Waals surface area contributed by atoms with Crippen molar-refractivity contribution in [3.8, 4) is 0 Å². The molecule has 90 valence electrons. The number of methoxy groups -OCH3 is 1. The zero-order valence-electron chi connectivity index (χ0n) is 9.82. The Morgan fingerprint density at radius 1 is 1.62 bits per heavy atom. The number of rotatable bonds is 6. The molecular formula is C12H20N2OS. The van der Waals surface area contributed by atoms with Crippen molar-refractivity contribution in [2.24, 2.45) is 0 Å². The largest absolute Gasteiger partial charge is 0.380 e. The van der Waals surface area contributed by atoms with Crippen LogP contribution in [0.15, 0.2) is 17.5 Å². The van der Waals surface area contributed by atoms with Crippen LogP contribution in [0.4, 0.5) is 0 Å². The second-order valence-electron chi connectivity index (χ2n) is 4.20. The summed E-state index contributed by atoms with van der Waals surface area (Å²) in [5.74, 6) is 0. The third-order valence-electron chi connectivity index (χ3n) is 3.05. The topological polar surface area (TPSA) is 24.5 Å². The van der Waals surface area contributed by atoms with Gasteiger partial charge in [-0.3, -0.25) is 4.90 Å². The summed E-state index contributed by atoms with van der Waals surface area (Å²) in [6.45, 7) is 5.47. The minimum Gasteiger partial charge on any atom is -0.380 e. The Morgan fingerprint density at radius 3 is 3.25 bits per heavy atom. The van der Waals surface area contributed by atoms with E-state index in [0.717, 1.165) is 26.2 Å². The molecule has 1 aliphatic heterocycles. The molecular weight excluding hydrogens is 220 g/mol. The average molecular weight is 240 g/mol. The first-order valence-electron chi connectivity index (χ1n) is 5.86. The highest BCUT2D eigenvalue weighted by Crippen LogP contribution is 2.11. The molecule has 0 saturated carbocycles. The first kappa shape index (κ1) is 12.0. The summed E-state index contributed by atoms with van der Waals surface area (Å²) in [6, 6.07) is 4.28. The number of ether oxygens (including phenoxy) is 1. The van der Waals surface area contributed by atoms with Crippen molar-refractivity contribution in [1.29, 1.82) is 0 Å². The first-order chi connectivity index (χ1) is 7.88. The zero-order valence-corrected chi connectivity index (χ0v) is 10.6. The van der Waals surface area contributed by atoms with Gasteiger partial charge in [-0.1, -0.05) is 6.07 Å². The Kier molecular flexibility index (Phi) is 4.78. The fourth-order valence-corrected chi connectivity index (χ4v) is 2.73. The van der Waals surface area contributed by atoms with Crippen LogP contribution >= 0.6 is 11.3 Å². The summed E-state index contributed by atoms with van der Waals surface area (Å²) >= 11 is 1.81. The Bertz CT molecular complexity index is 289. The molecule has 2 rings (SSSR count). The summed E-state index contributed by atoms with van der Waals surface area (Å²) in [5.41, 5.74) is 0. The van der Waals surface area contributed by atoms with E-state index in [2.05, 4.69) is 27.7 Å². The van der Waals surface area contributed by atoms with E-state index >= 15 is 0 Å². The molecule has 0 spiro atoms. The van der Waals surface area contributed by atoms with Gasteiger partial charge in [0.25, 0.3) is 0 Å². The van der Waals surface area contributed by atoms with Crippen molar-refractivity contribution < 1.29 is 4.74 Å². The van der Waals surface area contributed by atoms with Gasteiger partial charge >= 0.3 is 0 Å². The summed E-state index contributed by atoms with van der Waals surface area (Å²) in [6.07, 6.45) is 1.64. The van der Waals surface area contributed by atoms with E-state index in [-0.39, 0.29) is 0 Å². The molecule has 1 N–H and O–H groups in total. The Balaban J connectivity index is 1.55. The van der Waals surface area contributed by atoms with E-state index < -0.39 is 0 Å². The molecule has 4 heteroatoms. The van der Waals surface area contributed by atoms with Gasteiger partial charge < -0.3 is 10.1 Å². The maximum absolute atomic E-state index is 5.35. The molecule has 0 amide bonds. The number of nitrogens with zero attached hydrogens (tertiary/aromatic N) is 1. The van der Waals surface area contributed by atoms with Crippen LogP contribution < -0.4 is 5.32 Å². The minimum absolute atomic E-state index is 0.456. The molecule has 1 aromatic rings. The molecule has 0 aromatic carbocycles. The lowest BCUT2D eigenvalue weighted by atomic mass is 10.3. The van der Waals surface area contributed by atoms with Gasteiger partial charge in [0, 0.05) is 44.7 Å². The summed E-state index contributed by atoms with van der Waals surface area (Å²) in [7, 11) is 1.81. The van der Waals surface area contributed by atoms with E-state index in [9.17, 15) is 0 Å². The van der Waals surface area contributed by atoms with Crippen LogP contribution in [0.5, 0.6) is 0 Å². The zero-order chi connectivity index (χ0) is 11.2. The molecule has 16 heavy (non-hydrogen) atoms. The van der Waals surface area contributed by atoms with Crippen molar-refractivity contribution in [1.82, 2.24) is 10.2 Å². The Morgan fingerprint density at radius 2 is 2.56 bits per heavy atom. The summed E-state index contributed by atoms with van der Waals surface area (Å²) in [5, 5.41) is 5.60. The number of likely N-dealkylation sites (tertiary alicyclic amines) is 1. The van der Waals surface area contributed by atoms with Crippen molar-refractivity contribution in [2.75, 3.05) is 33.3 Å². The van der Waals surface area contributed by atoms with Crippen molar-refractivity contribution in [3.63, 3.8) is 0 Å². The van der Waals surface area contributed by atoms with Crippen molar-refractivity contribution in [3.05, 3.63) is 22.4 Å². The summed E-state index contributed by atoms with van der Waals surface area (Å²) < 4.78 is 5.35. The highest BCUT2D eigenvalue weighted by Gasteiger charge is 2.20. The van der Waals surface area contributed by atoms with Crippen LogP contribution in [-0.4, -0.2) is 44.3 Å². The van der Waals surface area contributed by atoms with Gasteiger partial charge in [-0.2, -0.15) is 0 Å². The van der Waals surface area contributed by atoms with Crippen LogP contribution in [0.1, 0.15) is 11.3 Å². The predicted octanol–water partition coefficient (Wildman–Crippen LogP) is 1.56. The SMILES string of the molecule is COC1CCN(CCNCc2cccs2)C1. The molecule has 1 fully saturated rings. The van der Waals surface area contributed by atoms with Gasteiger partial charge in [-0.15, -0.1) is 11.3 Å². The van der Waals surface area contributed by atoms with Crippen LogP contribution in [0.2, 0.25) is 0 Å². The molecule has 2 heterocycles. The highest BCUT2D eigenvalue weighted by atomic mass is 32.1. The molecule has 0 bridgehead atoms. The van der Waals surface area contributed by atoms with E-state index in [1.165, 1.54) is 17.8 Å². The lowest BCUT2D eigenvalue weighted by Crippen LogP contribution is -2.31. The average Bonchev–Trinajstić information content (AvgIpc) is 2.95. The number of hydrogen-bond donors (Lipinski definition) is 1. The maximum atomic E-state index is 5.35. The third kappa shape index (κ3) is 3.56. The molecule has 0 aliphatic carbocycles. The molecule has 1 saturated heterocycles. The van der Waals surface area contributed by atoms with Gasteiger partial charge in [0.1, 0.15) is 0 Å². The van der Waals surface area contributed by atoms with E-state index in [1.807, 2.05) is 18.4 Å². The van der Waals surface area contributed by atoms with Gasteiger partial charge in [-0.25, -0.2) is 0 Å². The lowest BCUT2D eigenvalue weighted by Gasteiger charge is -2.15. The quantitative estimate of drug-likeness (QED) is 0.764. The van der Waals surface area contributed by atoms with E-state index in [1.54, 1.807) is 0 Å². The smallest absolute Gasteiger partial charge is 0.0710 e. The molecule has 3 nitrogen and oxygen atoms in total. The molecule has 0 radical (unpaired) electrons. The first-order valence-corrected chi connectivity index (χ1v) is 6.74. The van der Waals surface area contributed by atoms with Crippen molar-refractivity contribution in [2.45, 2.75) is 19.1 Å². The van der Waals surface area contributed by atoms with E-state index in [4.69, 9.17) is 4.74 Å². The van der Waals surface area contributed by atoms with Gasteiger partial charge in [-0.05, 0) is 17.9 Å². The molecule has 1 aliphatic rings. The van der Waals surface area contributed by atoms with Crippen LogP contribution in [-0.2, 0) is 11.3 Å². The fraction of sp³-hybridized carbons (Fsp3) is 0.667. The lowest BCUT2D eigenvalue weighted by molar-refractivity contribution is 0.108. The maximum Gasteiger partial charge on any atom is 0.0710 e. The highest BCUT2D eigenvalue weighted by molar-refractivity contribution is 7.09. The minimum atomic E-state index is 0.456. The predicted molar refractivity (Wildman–Crippen MR) is 67.9 cm³/mol.